The van der Waals surface area contributed by atoms with Gasteiger partial charge in [0, 0.05) is 26.6 Å². The first-order valence-electron chi connectivity index (χ1n) is 3.79. The Kier molecular flexibility index (Phi) is 4.18. The van der Waals surface area contributed by atoms with Crippen molar-refractivity contribution in [2.45, 2.75) is 6.42 Å². The molecule has 0 amide bonds. The summed E-state index contributed by atoms with van der Waals surface area (Å²) in [6.45, 7) is 0. The van der Waals surface area contributed by atoms with Crippen LogP contribution in [-0.4, -0.2) is 11.1 Å². The molecule has 0 saturated carbocycles. The first kappa shape index (κ1) is 11.0. The Balaban J connectivity index is 2.90. The van der Waals surface area contributed by atoms with Crippen LogP contribution in [-0.2, 0) is 0 Å². The Morgan fingerprint density at radius 3 is 2.77 bits per heavy atom. The van der Waals surface area contributed by atoms with E-state index in [0.29, 0.717) is 11.8 Å². The summed E-state index contributed by atoms with van der Waals surface area (Å²) in [6, 6.07) is 5.35. The predicted molar refractivity (Wildman–Crippen MR) is 66.3 cm³/mol. The average molecular weight is 354 g/mol. The number of benzene rings is 1. The summed E-state index contributed by atoms with van der Waals surface area (Å²) in [7, 11) is 0. The largest absolute Gasteiger partial charge is 0.398 e. The van der Waals surface area contributed by atoms with Gasteiger partial charge >= 0.3 is 0 Å². The quantitative estimate of drug-likeness (QED) is 0.393. The second kappa shape index (κ2) is 4.95. The highest BCUT2D eigenvalue weighted by Gasteiger charge is 2.05. The number of alkyl halides is 1. The van der Waals surface area contributed by atoms with E-state index < -0.39 is 0 Å². The normalized spacial score (nSPS) is 10.0. The molecule has 0 fully saturated rings. The Labute approximate surface area is 99.2 Å². The highest BCUT2D eigenvalue weighted by atomic mass is 127. The molecule has 0 saturated heterocycles. The van der Waals surface area contributed by atoms with Gasteiger partial charge in [-0.05, 0) is 40.8 Å². The number of nitrogens with two attached hydrogens (primary N) is 1. The molecule has 2 nitrogen and oxygen atoms in total. The second-order valence-corrected chi connectivity index (χ2v) is 4.55. The Bertz CT molecular complexity index is 327. The van der Waals surface area contributed by atoms with Crippen molar-refractivity contribution in [3.8, 4) is 0 Å². The topological polar surface area (TPSA) is 43.1 Å². The number of rotatable bonds is 3. The van der Waals surface area contributed by atoms with Crippen LogP contribution < -0.4 is 5.73 Å². The Morgan fingerprint density at radius 1 is 1.54 bits per heavy atom. The number of carbonyl (C=O) groups is 1. The number of ketones is 1. The lowest BCUT2D eigenvalue weighted by atomic mass is 10.1. The molecule has 0 unspecified atom stereocenters. The van der Waals surface area contributed by atoms with Crippen molar-refractivity contribution < 1.29 is 4.79 Å². The molecule has 4 heteroatoms. The smallest absolute Gasteiger partial charge is 0.163 e. The number of halogens is 2. The van der Waals surface area contributed by atoms with Crippen molar-refractivity contribution in [1.82, 2.24) is 0 Å². The zero-order chi connectivity index (χ0) is 9.84. The summed E-state index contributed by atoms with van der Waals surface area (Å²) >= 11 is 5.36. The molecule has 0 aromatic heterocycles. The van der Waals surface area contributed by atoms with E-state index >= 15 is 0 Å². The van der Waals surface area contributed by atoms with E-state index in [1.54, 1.807) is 12.1 Å². The molecule has 0 radical (unpaired) electrons. The summed E-state index contributed by atoms with van der Waals surface area (Å²) in [5.74, 6) is 0.148. The van der Waals surface area contributed by atoms with Crippen LogP contribution in [0.2, 0.25) is 0 Å². The van der Waals surface area contributed by atoms with E-state index in [1.165, 1.54) is 0 Å². The van der Waals surface area contributed by atoms with E-state index in [1.807, 2.05) is 6.07 Å². The number of anilines is 1. The standard InChI is InChI=1S/C9H9BrINO/c10-4-3-9(13)6-1-2-8(12)7(11)5-6/h1-2,5H,3-4,12H2. The lowest BCUT2D eigenvalue weighted by molar-refractivity contribution is 0.0990. The van der Waals surface area contributed by atoms with E-state index in [0.717, 1.165) is 14.8 Å². The lowest BCUT2D eigenvalue weighted by Gasteiger charge is -2.01. The van der Waals surface area contributed by atoms with Crippen molar-refractivity contribution in [2.24, 2.45) is 0 Å². The summed E-state index contributed by atoms with van der Waals surface area (Å²) in [5.41, 5.74) is 7.09. The Hall–Kier alpha value is -0.100. The van der Waals surface area contributed by atoms with Crippen molar-refractivity contribution in [2.75, 3.05) is 11.1 Å². The van der Waals surface area contributed by atoms with Gasteiger partial charge in [0.2, 0.25) is 0 Å². The van der Waals surface area contributed by atoms with Gasteiger partial charge in [0.05, 0.1) is 0 Å². The highest BCUT2D eigenvalue weighted by Crippen LogP contribution is 2.17. The molecule has 2 N–H and O–H groups in total. The molecular formula is C9H9BrINO. The Morgan fingerprint density at radius 2 is 2.23 bits per heavy atom. The summed E-state index contributed by atoms with van der Waals surface area (Å²) < 4.78 is 0.929. The maximum absolute atomic E-state index is 11.4. The van der Waals surface area contributed by atoms with Gasteiger partial charge in [0.25, 0.3) is 0 Å². The molecule has 1 aromatic rings. The summed E-state index contributed by atoms with van der Waals surface area (Å²) in [5, 5.41) is 0.701. The minimum absolute atomic E-state index is 0.148. The van der Waals surface area contributed by atoms with Crippen molar-refractivity contribution in [3.05, 3.63) is 27.3 Å². The van der Waals surface area contributed by atoms with Crippen LogP contribution in [0, 0.1) is 3.57 Å². The summed E-state index contributed by atoms with van der Waals surface area (Å²) in [6.07, 6.45) is 0.528. The van der Waals surface area contributed by atoms with E-state index in [2.05, 4.69) is 38.5 Å². The molecule has 0 heterocycles. The van der Waals surface area contributed by atoms with E-state index in [9.17, 15) is 4.79 Å². The zero-order valence-corrected chi connectivity index (χ0v) is 10.6. The number of Topliss-reactive ketones (excluding diaryl/α,β-unsaturated/α-hetero) is 1. The first-order valence-corrected chi connectivity index (χ1v) is 5.99. The maximum atomic E-state index is 11.4. The first-order chi connectivity index (χ1) is 6.15. The molecule has 0 bridgehead atoms. The van der Waals surface area contributed by atoms with Crippen molar-refractivity contribution in [1.29, 1.82) is 0 Å². The molecule has 0 aliphatic rings. The number of carbonyl (C=O) groups excluding carboxylic acids is 1. The van der Waals surface area contributed by atoms with Crippen LogP contribution >= 0.6 is 38.5 Å². The molecule has 0 aliphatic carbocycles. The third-order valence-electron chi connectivity index (χ3n) is 1.64. The average Bonchev–Trinajstić information content (AvgIpc) is 2.10. The predicted octanol–water partition coefficient (Wildman–Crippen LogP) is 2.84. The minimum Gasteiger partial charge on any atom is -0.398 e. The lowest BCUT2D eigenvalue weighted by Crippen LogP contribution is -2.01. The van der Waals surface area contributed by atoms with Crippen LogP contribution in [0.1, 0.15) is 16.8 Å². The van der Waals surface area contributed by atoms with Gasteiger partial charge < -0.3 is 5.73 Å². The van der Waals surface area contributed by atoms with E-state index in [-0.39, 0.29) is 5.78 Å². The molecule has 70 valence electrons. The van der Waals surface area contributed by atoms with Crippen LogP contribution in [0.15, 0.2) is 18.2 Å². The van der Waals surface area contributed by atoms with Gasteiger partial charge in [-0.3, -0.25) is 4.79 Å². The fourth-order valence-electron chi connectivity index (χ4n) is 0.931. The van der Waals surface area contributed by atoms with Gasteiger partial charge in [-0.15, -0.1) is 0 Å². The third kappa shape index (κ3) is 2.95. The molecule has 1 rings (SSSR count). The van der Waals surface area contributed by atoms with E-state index in [4.69, 9.17) is 5.73 Å². The third-order valence-corrected chi connectivity index (χ3v) is 2.97. The second-order valence-electron chi connectivity index (χ2n) is 2.60. The number of nitrogen functional groups attached to an aromatic ring is 1. The van der Waals surface area contributed by atoms with Crippen molar-refractivity contribution >= 4 is 50.0 Å². The van der Waals surface area contributed by atoms with Crippen LogP contribution in [0.3, 0.4) is 0 Å². The van der Waals surface area contributed by atoms with Crippen LogP contribution in [0.5, 0.6) is 0 Å². The molecule has 13 heavy (non-hydrogen) atoms. The summed E-state index contributed by atoms with van der Waals surface area (Å²) in [4.78, 5) is 11.4. The van der Waals surface area contributed by atoms with Gasteiger partial charge in [-0.1, -0.05) is 15.9 Å². The SMILES string of the molecule is Nc1ccc(C(=O)CCBr)cc1I. The van der Waals surface area contributed by atoms with Crippen molar-refractivity contribution in [3.63, 3.8) is 0 Å². The fraction of sp³-hybridized carbons (Fsp3) is 0.222. The molecule has 1 aromatic carbocycles. The van der Waals surface area contributed by atoms with Crippen LogP contribution in [0.25, 0.3) is 0 Å². The number of hydrogen-bond acceptors (Lipinski definition) is 2. The molecular weight excluding hydrogens is 345 g/mol. The van der Waals surface area contributed by atoms with Gasteiger partial charge in [-0.2, -0.15) is 0 Å². The zero-order valence-electron chi connectivity index (χ0n) is 6.89. The molecule has 0 spiro atoms. The number of hydrogen-bond donors (Lipinski definition) is 1. The monoisotopic (exact) mass is 353 g/mol. The van der Waals surface area contributed by atoms with Gasteiger partial charge in [0.15, 0.2) is 5.78 Å². The highest BCUT2D eigenvalue weighted by molar-refractivity contribution is 14.1. The fourth-order valence-corrected chi connectivity index (χ4v) is 1.81. The molecule has 0 atom stereocenters. The van der Waals surface area contributed by atoms with Gasteiger partial charge in [0.1, 0.15) is 0 Å². The molecule has 0 aliphatic heterocycles. The minimum atomic E-state index is 0.148. The van der Waals surface area contributed by atoms with Gasteiger partial charge in [-0.25, -0.2) is 0 Å². The maximum Gasteiger partial charge on any atom is 0.163 e. The van der Waals surface area contributed by atoms with Crippen LogP contribution in [0.4, 0.5) is 5.69 Å².